The molecule has 0 heterocycles. The van der Waals surface area contributed by atoms with Crippen LogP contribution in [0.15, 0.2) is 0 Å². The van der Waals surface area contributed by atoms with Gasteiger partial charge in [0.25, 0.3) is 0 Å². The summed E-state index contributed by atoms with van der Waals surface area (Å²) in [7, 11) is 170. The number of benzene rings is 13. The maximum absolute atomic E-state index is 7.60. The van der Waals surface area contributed by atoms with Gasteiger partial charge >= 0.3 is 0 Å². The minimum atomic E-state index is -1.09. The first kappa shape index (κ1) is 119. The van der Waals surface area contributed by atoms with Gasteiger partial charge in [-0.2, -0.15) is 0 Å². The zero-order chi connectivity index (χ0) is 111. The van der Waals surface area contributed by atoms with E-state index >= 15 is 0 Å². The molecule has 0 nitrogen and oxygen atoms in total. The summed E-state index contributed by atoms with van der Waals surface area (Å²) in [4.78, 5) is 0. The minimum absolute atomic E-state index is 0.138. The number of hydrogen-bond donors (Lipinski definition) is 0. The lowest BCUT2D eigenvalue weighted by Gasteiger charge is -2.39. The van der Waals surface area contributed by atoms with Crippen molar-refractivity contribution < 1.29 is 0 Å². The Balaban J connectivity index is 0.000000247. The maximum Gasteiger partial charge on any atom is 0.0821 e. The predicted molar refractivity (Wildman–Crippen MR) is 714 cm³/mol. The molecule has 658 valence electrons. The Morgan fingerprint density at radius 2 is 0.392 bits per heavy atom. The molecule has 2 atom stereocenters. The Labute approximate surface area is 933 Å². The third-order valence-electron chi connectivity index (χ3n) is 37.9. The van der Waals surface area contributed by atoms with Crippen LogP contribution in [0.4, 0.5) is 0 Å². The van der Waals surface area contributed by atoms with Crippen LogP contribution < -0.4 is 54.1 Å². The molecule has 0 saturated carbocycles. The molecule has 0 fully saturated rings. The van der Waals surface area contributed by atoms with Crippen LogP contribution >= 0.6 is 0 Å². The summed E-state index contributed by atoms with van der Waals surface area (Å²) in [5.74, 6) is 0.291. The standard InChI is InChI=1S/C52H54B22.C52H56B22/c1-19-21(3)28(10)40-37(25(19)7)27(9)23(5)30(12)42(40)43-31(13)24(6)32(14)44-45(43)35(17)38-26(8)20(2)22(4)29(11)41(38)47(44)46-34(16)33(15)39-36(18)49(70(73(61)62)74(63)64)52(69(66-54)72(59)60)51(68(56)71(57)58)48(39)50(46)67(55)65-53;1-19-20(2)25(7)38-34(16)40(31(13)30(12)37(38)24(19)6)42-28(10)23(5)29(11)44-45(42)35(17)39-26(8)21(3)22(4)27(9)43(39)47(44)46-33(15)32(14)41-36(18)49(70(73(61)62)74(63)64)52(69(66-54)72(59)60)51(68(56)71(57)58)48(41)50(46)67(55)65-53/h1-18H3;23,28H,1-18H3. The first-order chi connectivity index (χ1) is 68.8. The zero-order valence-corrected chi connectivity index (χ0v) is 95.6. The molecule has 52 radical (unpaired) electrons. The highest BCUT2D eigenvalue weighted by atomic mass is 14.4. The fourth-order valence-corrected chi connectivity index (χ4v) is 27.6. The normalized spacial score (nSPS) is 12.9. The quantitative estimate of drug-likeness (QED) is 0.0597. The predicted octanol–water partition coefficient (Wildman–Crippen LogP) is 4.92. The second-order valence-corrected chi connectivity index (χ2v) is 44.8. The van der Waals surface area contributed by atoms with E-state index in [9.17, 15) is 0 Å². The Bertz CT molecular complexity index is 7900. The highest BCUT2D eigenvalue weighted by Crippen LogP contribution is 2.55. The summed E-state index contributed by atoms with van der Waals surface area (Å²) < 4.78 is 0. The summed E-state index contributed by atoms with van der Waals surface area (Å²) in [6.45, 7) is 74.5. The molecule has 44 heteroatoms. The van der Waals surface area contributed by atoms with Crippen molar-refractivity contribution in [1.29, 1.82) is 0 Å². The van der Waals surface area contributed by atoms with Gasteiger partial charge in [-0.3, -0.25) is 0 Å². The van der Waals surface area contributed by atoms with Crippen molar-refractivity contribution in [1.82, 2.24) is 0 Å². The Morgan fingerprint density at radius 1 is 0.162 bits per heavy atom. The molecule has 1 aliphatic rings. The average Bonchev–Trinajstić information content (AvgIpc) is 0.683. The topological polar surface area (TPSA) is 0 Å². The van der Waals surface area contributed by atoms with Gasteiger partial charge in [-0.05, 0) is 550 Å². The van der Waals surface area contributed by atoms with Gasteiger partial charge in [0, 0.05) is 265 Å². The van der Waals surface area contributed by atoms with Gasteiger partial charge in [0.05, 0.1) is 52.0 Å². The summed E-state index contributed by atoms with van der Waals surface area (Å²) in [5.41, 5.74) is 55.4. The van der Waals surface area contributed by atoms with Gasteiger partial charge in [-0.1, -0.05) is 52.4 Å². The highest BCUT2D eigenvalue weighted by Gasteiger charge is 2.45. The van der Waals surface area contributed by atoms with E-state index in [0.717, 1.165) is 98.9 Å². The van der Waals surface area contributed by atoms with Crippen LogP contribution in [0.3, 0.4) is 0 Å². The smallest absolute Gasteiger partial charge is 0.0821 e. The van der Waals surface area contributed by atoms with Crippen molar-refractivity contribution in [2.75, 3.05) is 0 Å². The summed E-state index contributed by atoms with van der Waals surface area (Å²) in [6, 6.07) is 0. The van der Waals surface area contributed by atoms with E-state index in [1.54, 1.807) is 14.1 Å². The van der Waals surface area contributed by atoms with Crippen LogP contribution in [-0.4, -0.2) is 317 Å². The molecule has 0 saturated heterocycles. The van der Waals surface area contributed by atoms with Crippen molar-refractivity contribution in [2.45, 2.75) is 249 Å². The molecular weight excluding hydrogens is 1720 g/mol. The second-order valence-electron chi connectivity index (χ2n) is 44.8. The molecule has 13 aromatic rings. The molecule has 0 amide bonds. The van der Waals surface area contributed by atoms with E-state index in [2.05, 4.69) is 235 Å². The third kappa shape index (κ3) is 18.2. The maximum atomic E-state index is 7.60. The van der Waals surface area contributed by atoms with Gasteiger partial charge in [-0.15, -0.1) is 21.9 Å². The number of aryl methyl sites for hydroxylation is 18. The SMILES string of the molecule is [B][B]B(B([B])[B])c1c(B(B([B])[B])B([B])[B])c(C)c2c(C)c(C)c(-c3c4c(C)c(C)c(C)c(C)c4c(C)c4c(-c5c(C)c(C)c(C)c6c(C)c(C)c(C)c(C)c56)c(C)c(C)c(C)c34)c(B([B])[B][B])c2c1B([B])B([B])[B].[B][B]B(B([B])[B])c1c(B(B([B])[B])B([B])[B])c(C)c2c(C)c(C)c(-c3c4c(c(C)c5c(C)c(C)c(C)c(C)c35)=C(c3c(C)c(C)c5c(C)c(C)c(C)c(C)c5c3C)C(C)C(C)C=4C)c(B([B])[B][B])c2c1B([B])B([B])[B]. The molecule has 0 bridgehead atoms. The fourth-order valence-electron chi connectivity index (χ4n) is 27.6. The van der Waals surface area contributed by atoms with Gasteiger partial charge in [0.2, 0.25) is 0 Å². The fraction of sp³-hybridized carbons (Fsp3) is 0.365. The number of fused-ring (bicyclic) bond motifs is 8. The largest absolute Gasteiger partial charge is 0.112 e. The van der Waals surface area contributed by atoms with Crippen LogP contribution in [0.1, 0.15) is 210 Å². The molecule has 2 unspecified atom stereocenters. The highest BCUT2D eigenvalue weighted by molar-refractivity contribution is 7.86. The number of hydrogen-bond acceptors (Lipinski definition) is 0. The van der Waals surface area contributed by atoms with Gasteiger partial charge in [0.1, 0.15) is 0 Å². The van der Waals surface area contributed by atoms with Crippen molar-refractivity contribution in [2.24, 2.45) is 11.8 Å². The van der Waals surface area contributed by atoms with E-state index in [-0.39, 0.29) is 11.8 Å². The molecule has 0 aromatic heterocycles. The zero-order valence-electron chi connectivity index (χ0n) is 95.6. The minimum Gasteiger partial charge on any atom is -0.112 e. The summed E-state index contributed by atoms with van der Waals surface area (Å²) >= 11 is 0. The van der Waals surface area contributed by atoms with Crippen molar-refractivity contribution in [3.8, 4) is 33.4 Å². The van der Waals surface area contributed by atoms with Crippen molar-refractivity contribution in [3.63, 3.8) is 0 Å². The molecule has 1 aliphatic carbocycles. The van der Waals surface area contributed by atoms with E-state index in [1.165, 1.54) is 246 Å². The average molecular weight is 1840 g/mol. The lowest BCUT2D eigenvalue weighted by molar-refractivity contribution is 0.573. The van der Waals surface area contributed by atoms with Gasteiger partial charge < -0.3 is 0 Å². The van der Waals surface area contributed by atoms with Crippen molar-refractivity contribution in [3.05, 3.63) is 200 Å². The molecule has 13 aromatic carbocycles. The van der Waals surface area contributed by atoms with Crippen LogP contribution in [0, 0.1) is 240 Å². The van der Waals surface area contributed by atoms with E-state index in [1.807, 2.05) is 13.8 Å². The van der Waals surface area contributed by atoms with Gasteiger partial charge in [0.15, 0.2) is 0 Å². The van der Waals surface area contributed by atoms with Crippen molar-refractivity contribution >= 4 is 447 Å². The molecular formula is C104H110B44. The first-order valence-electron chi connectivity index (χ1n) is 52.6. The lowest BCUT2D eigenvalue weighted by atomic mass is 8.70. The van der Waals surface area contributed by atoms with Crippen LogP contribution in [0.25, 0.3) is 120 Å². The molecule has 0 aliphatic heterocycles. The summed E-state index contributed by atoms with van der Waals surface area (Å²) in [6.07, 6.45) is -8.26. The van der Waals surface area contributed by atoms with E-state index in [4.69, 9.17) is 186 Å². The molecule has 0 spiro atoms. The van der Waals surface area contributed by atoms with Crippen LogP contribution in [0.5, 0.6) is 0 Å². The Hall–Kier alpha value is -5.72. The Kier molecular flexibility index (Phi) is 35.8. The third-order valence-corrected chi connectivity index (χ3v) is 37.9. The molecule has 14 rings (SSSR count). The first-order valence-corrected chi connectivity index (χ1v) is 52.6. The van der Waals surface area contributed by atoms with E-state index in [0.29, 0.717) is 32.8 Å². The van der Waals surface area contributed by atoms with Crippen LogP contribution in [-0.2, 0) is 0 Å². The second kappa shape index (κ2) is 44.4. The van der Waals surface area contributed by atoms with Gasteiger partial charge in [-0.25, -0.2) is 0 Å². The number of rotatable bonds is 24. The van der Waals surface area contributed by atoms with Crippen LogP contribution in [0.2, 0.25) is 0 Å². The molecule has 148 heavy (non-hydrogen) atoms. The summed E-state index contributed by atoms with van der Waals surface area (Å²) in [5, 5.41) is 18.0. The lowest BCUT2D eigenvalue weighted by Crippen LogP contribution is -2.74. The molecule has 0 N–H and O–H groups in total. The monoisotopic (exact) mass is 1840 g/mol. The van der Waals surface area contributed by atoms with E-state index < -0.39 is 103 Å². The Morgan fingerprint density at radius 3 is 0.689 bits per heavy atom.